The number of hydrazone groups is 1. The molecule has 26 heavy (non-hydrogen) atoms. The van der Waals surface area contributed by atoms with Crippen molar-refractivity contribution < 1.29 is 9.90 Å². The summed E-state index contributed by atoms with van der Waals surface area (Å²) in [6.45, 7) is 0. The molecule has 0 atom stereocenters. The van der Waals surface area contributed by atoms with Gasteiger partial charge in [0.05, 0.1) is 15.6 Å². The minimum atomic E-state index is -0.290. The van der Waals surface area contributed by atoms with E-state index in [2.05, 4.69) is 26.5 Å². The highest BCUT2D eigenvalue weighted by Gasteiger charge is 2.09. The van der Waals surface area contributed by atoms with Crippen molar-refractivity contribution in [2.24, 2.45) is 5.10 Å². The molecule has 0 aliphatic heterocycles. The molecule has 0 saturated carbocycles. The van der Waals surface area contributed by atoms with Crippen LogP contribution in [-0.2, 0) is 6.42 Å². The number of rotatable bonds is 5. The summed E-state index contributed by atoms with van der Waals surface area (Å²) in [7, 11) is 0. The Bertz CT molecular complexity index is 958. The second kappa shape index (κ2) is 8.49. The molecule has 7 heteroatoms. The molecule has 2 N–H and O–H groups in total. The third-order valence-corrected chi connectivity index (χ3v) is 5.46. The first-order valence-electron chi connectivity index (χ1n) is 7.66. The second-order valence-corrected chi connectivity index (χ2v) is 7.67. The van der Waals surface area contributed by atoms with Crippen molar-refractivity contribution in [3.8, 4) is 5.75 Å². The van der Waals surface area contributed by atoms with Gasteiger partial charge in [0.2, 0.25) is 0 Å². The van der Waals surface area contributed by atoms with Crippen LogP contribution in [0.4, 0.5) is 0 Å². The molecule has 0 bridgehead atoms. The van der Waals surface area contributed by atoms with Gasteiger partial charge in [-0.15, -0.1) is 11.3 Å². The minimum Gasteiger partial charge on any atom is -0.506 e. The minimum absolute atomic E-state index is 0.0574. The lowest BCUT2D eigenvalue weighted by atomic mass is 10.0. The van der Waals surface area contributed by atoms with Gasteiger partial charge in [-0.1, -0.05) is 35.9 Å². The first kappa shape index (κ1) is 18.6. The third kappa shape index (κ3) is 4.52. The van der Waals surface area contributed by atoms with Crippen molar-refractivity contribution >= 4 is 51.0 Å². The maximum Gasteiger partial charge on any atom is 0.281 e. The Kier molecular flexibility index (Phi) is 6.08. The van der Waals surface area contributed by atoms with Crippen molar-refractivity contribution in [2.75, 3.05) is 0 Å². The molecule has 0 fully saturated rings. The third-order valence-electron chi connectivity index (χ3n) is 3.62. The van der Waals surface area contributed by atoms with Gasteiger partial charge in [-0.2, -0.15) is 5.10 Å². The number of nitrogens with one attached hydrogen (secondary N) is 1. The Hall–Kier alpha value is -2.15. The van der Waals surface area contributed by atoms with Gasteiger partial charge in [-0.05, 0) is 63.1 Å². The summed E-state index contributed by atoms with van der Waals surface area (Å²) in [6, 6.07) is 14.8. The Labute approximate surface area is 168 Å². The maximum atomic E-state index is 11.9. The largest absolute Gasteiger partial charge is 0.506 e. The molecule has 0 spiro atoms. The van der Waals surface area contributed by atoms with Crippen LogP contribution in [0.3, 0.4) is 0 Å². The molecule has 0 aliphatic rings. The predicted molar refractivity (Wildman–Crippen MR) is 109 cm³/mol. The van der Waals surface area contributed by atoms with Gasteiger partial charge in [-0.25, -0.2) is 5.43 Å². The normalized spacial score (nSPS) is 11.0. The zero-order valence-corrected chi connectivity index (χ0v) is 16.6. The van der Waals surface area contributed by atoms with Crippen LogP contribution in [-0.4, -0.2) is 17.2 Å². The van der Waals surface area contributed by atoms with Gasteiger partial charge in [-0.3, -0.25) is 4.79 Å². The van der Waals surface area contributed by atoms with Crippen molar-refractivity contribution in [3.05, 3.63) is 85.0 Å². The number of aromatic hydroxyl groups is 1. The van der Waals surface area contributed by atoms with E-state index in [1.807, 2.05) is 41.8 Å². The number of halogens is 2. The molecule has 1 amide bonds. The summed E-state index contributed by atoms with van der Waals surface area (Å²) >= 11 is 10.9. The van der Waals surface area contributed by atoms with E-state index < -0.39 is 0 Å². The average Bonchev–Trinajstić information content (AvgIpc) is 3.15. The lowest BCUT2D eigenvalue weighted by molar-refractivity contribution is 0.0959. The van der Waals surface area contributed by atoms with Crippen LogP contribution in [0.2, 0.25) is 5.02 Å². The van der Waals surface area contributed by atoms with Gasteiger partial charge in [0, 0.05) is 10.6 Å². The van der Waals surface area contributed by atoms with E-state index in [0.717, 1.165) is 11.1 Å². The number of phenolic OH excluding ortho intramolecular Hbond substituents is 1. The topological polar surface area (TPSA) is 61.7 Å². The molecule has 0 saturated heterocycles. The summed E-state index contributed by atoms with van der Waals surface area (Å²) < 4.78 is 0.549. The Morgan fingerprint density at radius 2 is 2.08 bits per heavy atom. The number of nitrogens with zero attached hydrogens (tertiary/aromatic N) is 1. The van der Waals surface area contributed by atoms with Crippen LogP contribution in [0.25, 0.3) is 0 Å². The maximum absolute atomic E-state index is 11.9. The van der Waals surface area contributed by atoms with Crippen LogP contribution in [0.1, 0.15) is 26.4 Å². The fourth-order valence-electron chi connectivity index (χ4n) is 2.36. The zero-order chi connectivity index (χ0) is 18.5. The number of phenols is 1. The Morgan fingerprint density at radius 3 is 2.81 bits per heavy atom. The van der Waals surface area contributed by atoms with Gasteiger partial charge in [0.15, 0.2) is 0 Å². The number of hydrogen-bond acceptors (Lipinski definition) is 4. The molecule has 1 aromatic heterocycles. The van der Waals surface area contributed by atoms with Gasteiger partial charge in [0.1, 0.15) is 5.75 Å². The SMILES string of the molecule is O=C(N/N=C/c1cc(Cc2ccccc2Cl)cc(Br)c1O)c1cccs1. The smallest absolute Gasteiger partial charge is 0.281 e. The highest BCUT2D eigenvalue weighted by atomic mass is 79.9. The first-order chi connectivity index (χ1) is 12.5. The van der Waals surface area contributed by atoms with E-state index in [4.69, 9.17) is 11.6 Å². The molecule has 2 aromatic carbocycles. The van der Waals surface area contributed by atoms with Crippen molar-refractivity contribution in [1.82, 2.24) is 5.43 Å². The zero-order valence-electron chi connectivity index (χ0n) is 13.4. The molecule has 0 unspecified atom stereocenters. The number of carbonyl (C=O) groups excluding carboxylic acids is 1. The Balaban J connectivity index is 1.78. The van der Waals surface area contributed by atoms with Gasteiger partial charge in [0.25, 0.3) is 5.91 Å². The molecule has 0 aliphatic carbocycles. The summed E-state index contributed by atoms with van der Waals surface area (Å²) in [6.07, 6.45) is 2.03. The molecule has 1 heterocycles. The van der Waals surface area contributed by atoms with E-state index in [0.29, 0.717) is 26.4 Å². The lowest BCUT2D eigenvalue weighted by Crippen LogP contribution is -2.16. The highest BCUT2D eigenvalue weighted by molar-refractivity contribution is 9.10. The molecular formula is C19H14BrClN2O2S. The van der Waals surface area contributed by atoms with E-state index in [-0.39, 0.29) is 11.7 Å². The van der Waals surface area contributed by atoms with Gasteiger partial charge >= 0.3 is 0 Å². The van der Waals surface area contributed by atoms with Crippen LogP contribution < -0.4 is 5.43 Å². The van der Waals surface area contributed by atoms with E-state index in [9.17, 15) is 9.90 Å². The number of benzene rings is 2. The van der Waals surface area contributed by atoms with Crippen LogP contribution in [0.5, 0.6) is 5.75 Å². The number of carbonyl (C=O) groups is 1. The van der Waals surface area contributed by atoms with E-state index in [1.165, 1.54) is 17.6 Å². The summed E-state index contributed by atoms with van der Waals surface area (Å²) in [5.74, 6) is -0.232. The van der Waals surface area contributed by atoms with Crippen LogP contribution in [0.15, 0.2) is 63.5 Å². The fourth-order valence-corrected chi connectivity index (χ4v) is 3.70. The molecular weight excluding hydrogens is 436 g/mol. The second-order valence-electron chi connectivity index (χ2n) is 5.46. The molecule has 3 rings (SSSR count). The molecule has 3 aromatic rings. The average molecular weight is 450 g/mol. The summed E-state index contributed by atoms with van der Waals surface area (Å²) in [5, 5.41) is 16.7. The quantitative estimate of drug-likeness (QED) is 0.414. The van der Waals surface area contributed by atoms with Crippen molar-refractivity contribution in [3.63, 3.8) is 0 Å². The van der Waals surface area contributed by atoms with Crippen LogP contribution >= 0.6 is 38.9 Å². The van der Waals surface area contributed by atoms with Crippen LogP contribution in [0, 0.1) is 0 Å². The number of hydrogen-bond donors (Lipinski definition) is 2. The number of amides is 1. The fraction of sp³-hybridized carbons (Fsp3) is 0.0526. The first-order valence-corrected chi connectivity index (χ1v) is 9.71. The summed E-state index contributed by atoms with van der Waals surface area (Å²) in [4.78, 5) is 12.5. The van der Waals surface area contributed by atoms with Gasteiger partial charge < -0.3 is 5.11 Å². The molecule has 132 valence electrons. The van der Waals surface area contributed by atoms with Crippen molar-refractivity contribution in [2.45, 2.75) is 6.42 Å². The van der Waals surface area contributed by atoms with E-state index in [1.54, 1.807) is 12.1 Å². The lowest BCUT2D eigenvalue weighted by Gasteiger charge is -2.08. The molecule has 0 radical (unpaired) electrons. The standard InChI is InChI=1S/C19H14BrClN2O2S/c20-15-10-12(8-13-4-1-2-5-16(13)21)9-14(18(15)24)11-22-23-19(25)17-6-3-7-26-17/h1-7,9-11,24H,8H2,(H,23,25)/b22-11+. The number of thiophene rings is 1. The van der Waals surface area contributed by atoms with Crippen molar-refractivity contribution in [1.29, 1.82) is 0 Å². The monoisotopic (exact) mass is 448 g/mol. The summed E-state index contributed by atoms with van der Waals surface area (Å²) in [5.41, 5.74) is 4.88. The molecule has 4 nitrogen and oxygen atoms in total. The predicted octanol–water partition coefficient (Wildman–Crippen LogP) is 5.22. The Morgan fingerprint density at radius 1 is 1.27 bits per heavy atom. The highest BCUT2D eigenvalue weighted by Crippen LogP contribution is 2.30. The van der Waals surface area contributed by atoms with E-state index >= 15 is 0 Å².